The normalized spacial score (nSPS) is 23.2. The molecule has 0 spiro atoms. The molecule has 2 N–H and O–H groups in total. The number of piperidine rings is 1. The molecule has 1 rings (SSSR count). The van der Waals surface area contributed by atoms with Gasteiger partial charge in [0.25, 0.3) is 0 Å². The molecule has 0 saturated carbocycles. The van der Waals surface area contributed by atoms with E-state index >= 15 is 0 Å². The summed E-state index contributed by atoms with van der Waals surface area (Å²) in [5, 5.41) is 12.2. The minimum Gasteiger partial charge on any atom is -0.481 e. The number of aliphatic carboxylic acids is 1. The number of urea groups is 1. The van der Waals surface area contributed by atoms with E-state index in [4.69, 9.17) is 4.74 Å². The highest BCUT2D eigenvalue weighted by molar-refractivity contribution is 5.78. The van der Waals surface area contributed by atoms with E-state index in [0.717, 1.165) is 12.8 Å². The van der Waals surface area contributed by atoms with Crippen molar-refractivity contribution in [1.29, 1.82) is 0 Å². The van der Waals surface area contributed by atoms with Gasteiger partial charge in [-0.1, -0.05) is 6.92 Å². The summed E-state index contributed by atoms with van der Waals surface area (Å²) in [5.41, 5.74) is -0.776. The van der Waals surface area contributed by atoms with Crippen molar-refractivity contribution in [2.24, 2.45) is 5.41 Å². The Balaban J connectivity index is 2.49. The molecule has 0 aromatic carbocycles. The lowest BCUT2D eigenvalue weighted by Gasteiger charge is -2.39. The van der Waals surface area contributed by atoms with Gasteiger partial charge in [0, 0.05) is 33.4 Å². The number of rotatable bonds is 6. The summed E-state index contributed by atoms with van der Waals surface area (Å²) in [6.07, 6.45) is 2.70. The van der Waals surface area contributed by atoms with Crippen LogP contribution in [0.5, 0.6) is 0 Å². The van der Waals surface area contributed by atoms with Crippen LogP contribution < -0.4 is 5.32 Å². The first kappa shape index (κ1) is 15.8. The fourth-order valence-electron chi connectivity index (χ4n) is 2.44. The third-order valence-corrected chi connectivity index (χ3v) is 3.80. The third kappa shape index (κ3) is 4.09. The Hall–Kier alpha value is -1.30. The Morgan fingerprint density at radius 1 is 1.47 bits per heavy atom. The molecule has 0 aliphatic carbocycles. The average molecular weight is 272 g/mol. The predicted molar refractivity (Wildman–Crippen MR) is 71.1 cm³/mol. The minimum atomic E-state index is -0.799. The summed E-state index contributed by atoms with van der Waals surface area (Å²) in [7, 11) is 1.62. The molecule has 1 atom stereocenters. The van der Waals surface area contributed by atoms with Crippen LogP contribution in [0, 0.1) is 5.41 Å². The van der Waals surface area contributed by atoms with Gasteiger partial charge in [0.15, 0.2) is 0 Å². The maximum absolute atomic E-state index is 12.0. The van der Waals surface area contributed by atoms with E-state index in [-0.39, 0.29) is 6.03 Å². The summed E-state index contributed by atoms with van der Waals surface area (Å²) >= 11 is 0. The van der Waals surface area contributed by atoms with Gasteiger partial charge >= 0.3 is 12.0 Å². The van der Waals surface area contributed by atoms with Crippen molar-refractivity contribution in [3.8, 4) is 0 Å². The number of ether oxygens (including phenoxy) is 1. The SMILES string of the molecule is CCC1(C(=O)O)CCCN(C(=O)NCCCOC)C1. The molecule has 110 valence electrons. The Morgan fingerprint density at radius 3 is 2.79 bits per heavy atom. The van der Waals surface area contributed by atoms with Gasteiger partial charge in [0.05, 0.1) is 5.41 Å². The van der Waals surface area contributed by atoms with E-state index in [1.165, 1.54) is 0 Å². The van der Waals surface area contributed by atoms with Crippen LogP contribution in [0.4, 0.5) is 4.79 Å². The Kier molecular flexibility index (Phi) is 6.08. The zero-order valence-electron chi connectivity index (χ0n) is 11.8. The summed E-state index contributed by atoms with van der Waals surface area (Å²) in [6, 6.07) is -0.171. The molecular weight excluding hydrogens is 248 g/mol. The lowest BCUT2D eigenvalue weighted by Crippen LogP contribution is -2.52. The first-order valence-electron chi connectivity index (χ1n) is 6.81. The number of nitrogens with one attached hydrogen (secondary N) is 1. The van der Waals surface area contributed by atoms with Gasteiger partial charge in [0.1, 0.15) is 0 Å². The number of carbonyl (C=O) groups is 2. The van der Waals surface area contributed by atoms with Gasteiger partial charge in [-0.05, 0) is 25.7 Å². The smallest absolute Gasteiger partial charge is 0.317 e. The number of carboxylic acids is 1. The van der Waals surface area contributed by atoms with E-state index in [1.807, 2.05) is 6.92 Å². The van der Waals surface area contributed by atoms with Crippen molar-refractivity contribution in [3.05, 3.63) is 0 Å². The number of nitrogens with zero attached hydrogens (tertiary/aromatic N) is 1. The zero-order chi connectivity index (χ0) is 14.3. The highest BCUT2D eigenvalue weighted by atomic mass is 16.5. The number of carboxylic acid groups (broad SMARTS) is 1. The number of amides is 2. The summed E-state index contributed by atoms with van der Waals surface area (Å²) < 4.78 is 4.91. The van der Waals surface area contributed by atoms with Crippen LogP contribution in [0.1, 0.15) is 32.6 Å². The summed E-state index contributed by atoms with van der Waals surface area (Å²) in [4.78, 5) is 25.0. The van der Waals surface area contributed by atoms with Crippen molar-refractivity contribution < 1.29 is 19.4 Å². The minimum absolute atomic E-state index is 0.171. The quantitative estimate of drug-likeness (QED) is 0.715. The van der Waals surface area contributed by atoms with Gasteiger partial charge < -0.3 is 20.1 Å². The second-order valence-electron chi connectivity index (χ2n) is 5.04. The molecule has 2 amide bonds. The van der Waals surface area contributed by atoms with Gasteiger partial charge in [0.2, 0.25) is 0 Å². The lowest BCUT2D eigenvalue weighted by atomic mass is 9.78. The second-order valence-corrected chi connectivity index (χ2v) is 5.04. The van der Waals surface area contributed by atoms with E-state index in [2.05, 4.69) is 5.32 Å². The summed E-state index contributed by atoms with van der Waals surface area (Å²) in [5.74, 6) is -0.799. The fraction of sp³-hybridized carbons (Fsp3) is 0.846. The molecule has 0 radical (unpaired) electrons. The molecule has 1 saturated heterocycles. The number of likely N-dealkylation sites (tertiary alicyclic amines) is 1. The Labute approximate surface area is 114 Å². The molecule has 1 fully saturated rings. The van der Waals surface area contributed by atoms with Crippen molar-refractivity contribution in [1.82, 2.24) is 10.2 Å². The highest BCUT2D eigenvalue weighted by Crippen LogP contribution is 2.33. The largest absolute Gasteiger partial charge is 0.481 e. The van der Waals surface area contributed by atoms with E-state index < -0.39 is 11.4 Å². The Bertz CT molecular complexity index is 322. The molecule has 1 aliphatic heterocycles. The number of carbonyl (C=O) groups excluding carboxylic acids is 1. The molecule has 0 aromatic rings. The molecule has 6 nitrogen and oxygen atoms in total. The van der Waals surface area contributed by atoms with E-state index in [9.17, 15) is 14.7 Å². The van der Waals surface area contributed by atoms with Gasteiger partial charge in [-0.3, -0.25) is 4.79 Å². The monoisotopic (exact) mass is 272 g/mol. The van der Waals surface area contributed by atoms with Crippen LogP contribution in [-0.4, -0.2) is 55.4 Å². The molecule has 6 heteroatoms. The van der Waals surface area contributed by atoms with Crippen LogP contribution in [0.3, 0.4) is 0 Å². The molecule has 1 aliphatic rings. The van der Waals surface area contributed by atoms with Crippen molar-refractivity contribution in [2.45, 2.75) is 32.6 Å². The lowest BCUT2D eigenvalue weighted by molar-refractivity contribution is -0.152. The standard InChI is InChI=1S/C13H24N2O4/c1-3-13(11(16)17)6-4-8-15(10-13)12(18)14-7-5-9-19-2/h3-10H2,1-2H3,(H,14,18)(H,16,17). The van der Waals surface area contributed by atoms with Gasteiger partial charge in [-0.25, -0.2) is 4.79 Å². The number of hydrogen-bond acceptors (Lipinski definition) is 3. The van der Waals surface area contributed by atoms with Crippen molar-refractivity contribution in [3.63, 3.8) is 0 Å². The van der Waals surface area contributed by atoms with Crippen LogP contribution in [0.2, 0.25) is 0 Å². The predicted octanol–water partition coefficient (Wildman–Crippen LogP) is 1.31. The average Bonchev–Trinajstić information content (AvgIpc) is 2.43. The highest BCUT2D eigenvalue weighted by Gasteiger charge is 2.42. The molecule has 1 unspecified atom stereocenters. The maximum Gasteiger partial charge on any atom is 0.317 e. The van der Waals surface area contributed by atoms with Crippen LogP contribution >= 0.6 is 0 Å². The molecule has 0 bridgehead atoms. The first-order valence-corrected chi connectivity index (χ1v) is 6.81. The van der Waals surface area contributed by atoms with Gasteiger partial charge in [-0.2, -0.15) is 0 Å². The van der Waals surface area contributed by atoms with Crippen molar-refractivity contribution >= 4 is 12.0 Å². The van der Waals surface area contributed by atoms with E-state index in [1.54, 1.807) is 12.0 Å². The summed E-state index contributed by atoms with van der Waals surface area (Å²) in [6.45, 7) is 3.96. The van der Waals surface area contributed by atoms with E-state index in [0.29, 0.717) is 39.1 Å². The first-order chi connectivity index (χ1) is 9.05. The Morgan fingerprint density at radius 2 is 2.21 bits per heavy atom. The number of hydrogen-bond donors (Lipinski definition) is 2. The fourth-order valence-corrected chi connectivity index (χ4v) is 2.44. The second kappa shape index (κ2) is 7.33. The van der Waals surface area contributed by atoms with Crippen LogP contribution in [0.15, 0.2) is 0 Å². The van der Waals surface area contributed by atoms with Crippen LogP contribution in [-0.2, 0) is 9.53 Å². The van der Waals surface area contributed by atoms with Crippen LogP contribution in [0.25, 0.3) is 0 Å². The number of methoxy groups -OCH3 is 1. The maximum atomic E-state index is 12.0. The third-order valence-electron chi connectivity index (χ3n) is 3.80. The molecular formula is C13H24N2O4. The molecule has 1 heterocycles. The zero-order valence-corrected chi connectivity index (χ0v) is 11.8. The topological polar surface area (TPSA) is 78.9 Å². The molecule has 0 aromatic heterocycles. The van der Waals surface area contributed by atoms with Crippen molar-refractivity contribution in [2.75, 3.05) is 33.4 Å². The molecule has 19 heavy (non-hydrogen) atoms. The van der Waals surface area contributed by atoms with Gasteiger partial charge in [-0.15, -0.1) is 0 Å².